The van der Waals surface area contributed by atoms with Crippen molar-refractivity contribution in [2.24, 2.45) is 0 Å². The molecule has 3 heterocycles. The number of imidazole rings is 2. The van der Waals surface area contributed by atoms with Crippen molar-refractivity contribution in [1.29, 1.82) is 0 Å². The van der Waals surface area contributed by atoms with Crippen molar-refractivity contribution in [3.63, 3.8) is 0 Å². The molecule has 4 rings (SSSR count). The zero-order valence-corrected chi connectivity index (χ0v) is 13.1. The van der Waals surface area contributed by atoms with Gasteiger partial charge in [-0.3, -0.25) is 9.20 Å². The van der Waals surface area contributed by atoms with E-state index >= 15 is 0 Å². The Morgan fingerprint density at radius 2 is 2.22 bits per heavy atom. The van der Waals surface area contributed by atoms with Gasteiger partial charge in [-0.1, -0.05) is 6.07 Å². The van der Waals surface area contributed by atoms with Gasteiger partial charge in [0.15, 0.2) is 0 Å². The Morgan fingerprint density at radius 1 is 1.35 bits per heavy atom. The molecule has 1 saturated carbocycles. The second-order valence-corrected chi connectivity index (χ2v) is 5.98. The van der Waals surface area contributed by atoms with Crippen LogP contribution in [0.25, 0.3) is 5.65 Å². The third kappa shape index (κ3) is 2.60. The summed E-state index contributed by atoms with van der Waals surface area (Å²) in [5.41, 5.74) is 2.14. The zero-order valence-electron chi connectivity index (χ0n) is 13.1. The highest BCUT2D eigenvalue weighted by molar-refractivity contribution is 5.94. The van der Waals surface area contributed by atoms with Crippen LogP contribution in [0.3, 0.4) is 0 Å². The number of hydrogen-bond acceptors (Lipinski definition) is 3. The molecular formula is C17H19N5O. The van der Waals surface area contributed by atoms with Gasteiger partial charge in [0.25, 0.3) is 5.91 Å². The number of aromatic nitrogens is 4. The van der Waals surface area contributed by atoms with Gasteiger partial charge in [-0.05, 0) is 31.9 Å². The summed E-state index contributed by atoms with van der Waals surface area (Å²) in [6, 6.07) is 5.72. The first-order valence-corrected chi connectivity index (χ1v) is 7.97. The average molecular weight is 309 g/mol. The minimum Gasteiger partial charge on any atom is -0.349 e. The van der Waals surface area contributed by atoms with Crippen LogP contribution in [-0.2, 0) is 6.54 Å². The first-order chi connectivity index (χ1) is 11.2. The smallest absolute Gasteiger partial charge is 0.270 e. The third-order valence-corrected chi connectivity index (χ3v) is 4.25. The number of carbonyl (C=O) groups excluding carboxylic acids is 1. The van der Waals surface area contributed by atoms with Crippen LogP contribution in [0.4, 0.5) is 0 Å². The number of rotatable bonds is 5. The number of amides is 1. The van der Waals surface area contributed by atoms with Crippen molar-refractivity contribution < 1.29 is 4.79 Å². The molecule has 0 aliphatic heterocycles. The molecule has 0 spiro atoms. The Labute approximate surface area is 134 Å². The number of fused-ring (bicyclic) bond motifs is 1. The average Bonchev–Trinajstić information content (AvgIpc) is 3.18. The lowest BCUT2D eigenvalue weighted by Gasteiger charge is -2.09. The van der Waals surface area contributed by atoms with Gasteiger partial charge in [0, 0.05) is 37.6 Å². The lowest BCUT2D eigenvalue weighted by atomic mass is 10.3. The first kappa shape index (κ1) is 14.0. The molecule has 1 fully saturated rings. The van der Waals surface area contributed by atoms with Gasteiger partial charge in [0.05, 0.1) is 5.69 Å². The van der Waals surface area contributed by atoms with Crippen LogP contribution >= 0.6 is 0 Å². The van der Waals surface area contributed by atoms with Gasteiger partial charge in [0.2, 0.25) is 0 Å². The fourth-order valence-corrected chi connectivity index (χ4v) is 2.97. The molecule has 6 nitrogen and oxygen atoms in total. The van der Waals surface area contributed by atoms with Gasteiger partial charge in [-0.15, -0.1) is 0 Å². The Kier molecular flexibility index (Phi) is 3.37. The summed E-state index contributed by atoms with van der Waals surface area (Å²) < 4.78 is 3.97. The summed E-state index contributed by atoms with van der Waals surface area (Å²) in [7, 11) is 0. The lowest BCUT2D eigenvalue weighted by Crippen LogP contribution is -2.29. The standard InChI is InChI=1S/C17H19N5O/c1-12-15(22-9-3-2-4-14(22)20-12)17(23)19-8-11-21-10-7-18-16(21)13-5-6-13/h2-4,7,9-10,13H,5-6,8,11H2,1H3,(H,19,23). The maximum Gasteiger partial charge on any atom is 0.270 e. The summed E-state index contributed by atoms with van der Waals surface area (Å²) in [6.07, 6.45) is 8.14. The quantitative estimate of drug-likeness (QED) is 0.785. The number of carbonyl (C=O) groups is 1. The van der Waals surface area contributed by atoms with E-state index in [1.165, 1.54) is 12.8 Å². The monoisotopic (exact) mass is 309 g/mol. The van der Waals surface area contributed by atoms with Crippen molar-refractivity contribution in [3.8, 4) is 0 Å². The van der Waals surface area contributed by atoms with Crippen LogP contribution < -0.4 is 5.32 Å². The molecule has 3 aromatic rings. The highest BCUT2D eigenvalue weighted by atomic mass is 16.1. The zero-order chi connectivity index (χ0) is 15.8. The molecule has 1 aliphatic carbocycles. The molecular weight excluding hydrogens is 290 g/mol. The molecule has 6 heteroatoms. The van der Waals surface area contributed by atoms with Crippen LogP contribution in [0.5, 0.6) is 0 Å². The fraction of sp³-hybridized carbons (Fsp3) is 0.353. The van der Waals surface area contributed by atoms with Gasteiger partial charge in [-0.25, -0.2) is 9.97 Å². The summed E-state index contributed by atoms with van der Waals surface area (Å²) in [6.45, 7) is 3.19. The van der Waals surface area contributed by atoms with E-state index in [-0.39, 0.29) is 5.91 Å². The highest BCUT2D eigenvalue weighted by Gasteiger charge is 2.27. The molecule has 3 aromatic heterocycles. The van der Waals surface area contributed by atoms with Crippen LogP contribution in [0, 0.1) is 6.92 Å². The van der Waals surface area contributed by atoms with E-state index in [2.05, 4.69) is 19.9 Å². The molecule has 0 atom stereocenters. The molecule has 0 radical (unpaired) electrons. The predicted molar refractivity (Wildman–Crippen MR) is 86.5 cm³/mol. The molecule has 118 valence electrons. The van der Waals surface area contributed by atoms with Crippen molar-refractivity contribution >= 4 is 11.6 Å². The number of nitrogens with one attached hydrogen (secondary N) is 1. The number of pyridine rings is 1. The van der Waals surface area contributed by atoms with Crippen LogP contribution in [0.15, 0.2) is 36.8 Å². The Balaban J connectivity index is 1.45. The number of aryl methyl sites for hydroxylation is 1. The second kappa shape index (κ2) is 5.53. The molecule has 0 saturated heterocycles. The van der Waals surface area contributed by atoms with Gasteiger partial charge in [-0.2, -0.15) is 0 Å². The molecule has 1 amide bonds. The summed E-state index contributed by atoms with van der Waals surface area (Å²) in [5.74, 6) is 1.67. The minimum atomic E-state index is -0.0886. The normalized spacial score (nSPS) is 14.3. The van der Waals surface area contributed by atoms with Crippen molar-refractivity contribution in [2.75, 3.05) is 6.54 Å². The fourth-order valence-electron chi connectivity index (χ4n) is 2.97. The van der Waals surface area contributed by atoms with E-state index in [0.717, 1.165) is 23.7 Å². The van der Waals surface area contributed by atoms with E-state index < -0.39 is 0 Å². The largest absolute Gasteiger partial charge is 0.349 e. The van der Waals surface area contributed by atoms with Crippen molar-refractivity contribution in [3.05, 3.63) is 54.0 Å². The van der Waals surface area contributed by atoms with Gasteiger partial charge >= 0.3 is 0 Å². The van der Waals surface area contributed by atoms with E-state index in [1.807, 2.05) is 48.1 Å². The number of nitrogens with zero attached hydrogens (tertiary/aromatic N) is 4. The number of hydrogen-bond donors (Lipinski definition) is 1. The topological polar surface area (TPSA) is 64.2 Å². The highest BCUT2D eigenvalue weighted by Crippen LogP contribution is 2.38. The van der Waals surface area contributed by atoms with Crippen molar-refractivity contribution in [2.45, 2.75) is 32.2 Å². The van der Waals surface area contributed by atoms with E-state index in [9.17, 15) is 4.79 Å². The van der Waals surface area contributed by atoms with E-state index in [0.29, 0.717) is 18.2 Å². The summed E-state index contributed by atoms with van der Waals surface area (Å²) in [5, 5.41) is 2.99. The van der Waals surface area contributed by atoms with Gasteiger partial charge < -0.3 is 9.88 Å². The summed E-state index contributed by atoms with van der Waals surface area (Å²) >= 11 is 0. The van der Waals surface area contributed by atoms with Crippen LogP contribution in [-0.4, -0.2) is 31.4 Å². The first-order valence-electron chi connectivity index (χ1n) is 7.97. The molecule has 23 heavy (non-hydrogen) atoms. The SMILES string of the molecule is Cc1nc2ccccn2c1C(=O)NCCn1ccnc1C1CC1. The molecule has 0 aromatic carbocycles. The van der Waals surface area contributed by atoms with Gasteiger partial charge in [0.1, 0.15) is 17.2 Å². The predicted octanol–water partition coefficient (Wildman–Crippen LogP) is 2.15. The Bertz CT molecular complexity index is 859. The maximum atomic E-state index is 12.5. The second-order valence-electron chi connectivity index (χ2n) is 5.98. The van der Waals surface area contributed by atoms with Crippen molar-refractivity contribution in [1.82, 2.24) is 24.3 Å². The summed E-state index contributed by atoms with van der Waals surface area (Å²) in [4.78, 5) is 21.3. The van der Waals surface area contributed by atoms with E-state index in [1.54, 1.807) is 0 Å². The Hall–Kier alpha value is -2.63. The molecule has 0 bridgehead atoms. The Morgan fingerprint density at radius 3 is 3.04 bits per heavy atom. The lowest BCUT2D eigenvalue weighted by molar-refractivity contribution is 0.0945. The maximum absolute atomic E-state index is 12.5. The van der Waals surface area contributed by atoms with Crippen LogP contribution in [0.1, 0.15) is 40.8 Å². The minimum absolute atomic E-state index is 0.0886. The molecule has 0 unspecified atom stereocenters. The van der Waals surface area contributed by atoms with E-state index in [4.69, 9.17) is 0 Å². The van der Waals surface area contributed by atoms with Crippen LogP contribution in [0.2, 0.25) is 0 Å². The molecule has 1 aliphatic rings. The molecule has 1 N–H and O–H groups in total. The third-order valence-electron chi connectivity index (χ3n) is 4.25.